The predicted molar refractivity (Wildman–Crippen MR) is 108 cm³/mol. The lowest BCUT2D eigenvalue weighted by molar-refractivity contribution is -0.144. The van der Waals surface area contributed by atoms with Crippen LogP contribution in [0.15, 0.2) is 10.6 Å². The third-order valence-electron chi connectivity index (χ3n) is 10.0. The van der Waals surface area contributed by atoms with E-state index in [9.17, 15) is 10.2 Å². The summed E-state index contributed by atoms with van der Waals surface area (Å²) in [7, 11) is 0. The third-order valence-corrected chi connectivity index (χ3v) is 10.0. The first kappa shape index (κ1) is 19.1. The Morgan fingerprint density at radius 3 is 2.54 bits per heavy atom. The average molecular weight is 388 g/mol. The molecule has 3 unspecified atom stereocenters. The van der Waals surface area contributed by atoms with Crippen LogP contribution in [-0.4, -0.2) is 21.0 Å². The Hall–Kier alpha value is -0.870. The van der Waals surface area contributed by atoms with Gasteiger partial charge in [-0.3, -0.25) is 0 Å². The molecule has 4 saturated carbocycles. The minimum absolute atomic E-state index is 0.0371. The number of hydrogen-bond donors (Lipinski definition) is 2. The predicted octanol–water partition coefficient (Wildman–Crippen LogP) is 5.04. The summed E-state index contributed by atoms with van der Waals surface area (Å²) in [6, 6.07) is 1.99. The first-order chi connectivity index (χ1) is 13.3. The second-order valence-electron chi connectivity index (χ2n) is 11.4. The van der Waals surface area contributed by atoms with Gasteiger partial charge in [-0.2, -0.15) is 0 Å². The molecule has 4 aliphatic carbocycles. The fourth-order valence-electron chi connectivity index (χ4n) is 8.47. The zero-order chi connectivity index (χ0) is 19.7. The highest BCUT2D eigenvalue weighted by molar-refractivity contribution is 5.19. The van der Waals surface area contributed by atoms with Crippen LogP contribution < -0.4 is 0 Å². The Balaban J connectivity index is 1.41. The molecular formula is C24H37NO3. The summed E-state index contributed by atoms with van der Waals surface area (Å²) in [5, 5.41) is 24.1. The van der Waals surface area contributed by atoms with Gasteiger partial charge in [0.15, 0.2) is 0 Å². The molecule has 0 saturated heterocycles. The van der Waals surface area contributed by atoms with Crippen molar-refractivity contribution in [3.8, 4) is 0 Å². The maximum Gasteiger partial charge on any atom is 0.140 e. The van der Waals surface area contributed by atoms with Gasteiger partial charge < -0.3 is 14.7 Å². The zero-order valence-electron chi connectivity index (χ0n) is 17.8. The Morgan fingerprint density at radius 2 is 1.79 bits per heavy atom. The van der Waals surface area contributed by atoms with Crippen molar-refractivity contribution in [3.63, 3.8) is 0 Å². The lowest BCUT2D eigenvalue weighted by Crippen LogP contribution is -2.55. The maximum absolute atomic E-state index is 10.7. The second-order valence-corrected chi connectivity index (χ2v) is 11.4. The molecule has 1 aromatic rings. The summed E-state index contributed by atoms with van der Waals surface area (Å²) in [5.74, 6) is 4.57. The van der Waals surface area contributed by atoms with Crippen LogP contribution in [0.5, 0.6) is 0 Å². The molecule has 4 aliphatic rings. The van der Waals surface area contributed by atoms with E-state index in [1.54, 1.807) is 0 Å². The highest BCUT2D eigenvalue weighted by Gasteiger charge is 2.61. The number of aliphatic hydroxyl groups excluding tert-OH is 1. The maximum atomic E-state index is 10.7. The van der Waals surface area contributed by atoms with Crippen molar-refractivity contribution in [3.05, 3.63) is 17.5 Å². The van der Waals surface area contributed by atoms with Crippen molar-refractivity contribution in [2.75, 3.05) is 0 Å². The molecule has 156 valence electrons. The van der Waals surface area contributed by atoms with E-state index in [1.165, 1.54) is 44.9 Å². The fourth-order valence-corrected chi connectivity index (χ4v) is 8.47. The Labute approximate surface area is 169 Å². The number of hydrogen-bond acceptors (Lipinski definition) is 4. The largest absolute Gasteiger partial charge is 0.390 e. The molecule has 28 heavy (non-hydrogen) atoms. The molecule has 0 radical (unpaired) electrons. The molecule has 8 atom stereocenters. The van der Waals surface area contributed by atoms with E-state index in [0.717, 1.165) is 36.4 Å². The molecular weight excluding hydrogens is 350 g/mol. The van der Waals surface area contributed by atoms with Gasteiger partial charge in [-0.15, -0.1) is 0 Å². The molecule has 0 aliphatic heterocycles. The van der Waals surface area contributed by atoms with E-state index in [-0.39, 0.29) is 6.61 Å². The lowest BCUT2D eigenvalue weighted by Gasteiger charge is -2.61. The topological polar surface area (TPSA) is 66.5 Å². The molecule has 0 aromatic carbocycles. The Morgan fingerprint density at radius 1 is 1.00 bits per heavy atom. The number of aromatic nitrogens is 1. The van der Waals surface area contributed by atoms with Gasteiger partial charge in [0, 0.05) is 12.0 Å². The first-order valence-corrected chi connectivity index (χ1v) is 11.6. The van der Waals surface area contributed by atoms with Gasteiger partial charge >= 0.3 is 0 Å². The Bertz CT molecular complexity index is 742. The van der Waals surface area contributed by atoms with Gasteiger partial charge in [-0.05, 0) is 99.2 Å². The molecule has 5 rings (SSSR count). The van der Waals surface area contributed by atoms with Crippen LogP contribution in [0.2, 0.25) is 0 Å². The highest BCUT2D eigenvalue weighted by Crippen LogP contribution is 2.69. The van der Waals surface area contributed by atoms with Crippen LogP contribution in [0.3, 0.4) is 0 Å². The van der Waals surface area contributed by atoms with Crippen molar-refractivity contribution in [2.45, 2.75) is 96.7 Å². The smallest absolute Gasteiger partial charge is 0.140 e. The quantitative estimate of drug-likeness (QED) is 0.746. The molecule has 0 bridgehead atoms. The minimum atomic E-state index is -0.449. The number of fused-ring (bicyclic) bond motifs is 5. The molecule has 0 spiro atoms. The van der Waals surface area contributed by atoms with Crippen LogP contribution >= 0.6 is 0 Å². The summed E-state index contributed by atoms with van der Waals surface area (Å²) in [5.41, 5.74) is 0.936. The normalized spacial score (nSPS) is 50.7. The third kappa shape index (κ3) is 2.66. The van der Waals surface area contributed by atoms with E-state index >= 15 is 0 Å². The fraction of sp³-hybridized carbons (Fsp3) is 0.875. The van der Waals surface area contributed by atoms with Gasteiger partial charge in [0.25, 0.3) is 0 Å². The van der Waals surface area contributed by atoms with E-state index in [0.29, 0.717) is 28.4 Å². The summed E-state index contributed by atoms with van der Waals surface area (Å²) in [6.07, 6.45) is 10.9. The van der Waals surface area contributed by atoms with Crippen LogP contribution in [0.4, 0.5) is 0 Å². The number of rotatable bonds is 2. The Kier molecular flexibility index (Phi) is 4.31. The number of aliphatic hydroxyl groups is 2. The SMILES string of the molecule is CC1(O)CC[C@@]2(C)C(CC[C@@H]3[C@H]2CC[C@]2(C)C(c4cc(CO)no4)CC[C@@H]32)C1. The van der Waals surface area contributed by atoms with E-state index in [4.69, 9.17) is 4.52 Å². The zero-order valence-corrected chi connectivity index (χ0v) is 17.8. The summed E-state index contributed by atoms with van der Waals surface area (Å²) < 4.78 is 5.68. The minimum Gasteiger partial charge on any atom is -0.390 e. The molecule has 0 amide bonds. The molecule has 1 aromatic heterocycles. The van der Waals surface area contributed by atoms with Crippen LogP contribution in [-0.2, 0) is 6.61 Å². The molecule has 2 N–H and O–H groups in total. The molecule has 4 nitrogen and oxygen atoms in total. The summed E-state index contributed by atoms with van der Waals surface area (Å²) in [4.78, 5) is 0. The van der Waals surface area contributed by atoms with Gasteiger partial charge in [0.1, 0.15) is 11.5 Å². The second kappa shape index (κ2) is 6.31. The van der Waals surface area contributed by atoms with Gasteiger partial charge in [-0.25, -0.2) is 0 Å². The van der Waals surface area contributed by atoms with E-state index in [1.807, 2.05) is 6.07 Å². The molecule has 4 heteroatoms. The standard InChI is InChI=1S/C24H37NO3/c1-22(27)10-11-23(2)15(13-22)4-5-17-18-6-7-20(21-12-16(14-26)25-28-21)24(18,3)9-8-19(17)23/h12,15,17-20,26-27H,4-11,13-14H2,1-3H3/t15?,17-,18-,19+,20?,22?,23-,24-/m0/s1. The van der Waals surface area contributed by atoms with Crippen molar-refractivity contribution in [2.24, 2.45) is 34.5 Å². The molecule has 4 fully saturated rings. The van der Waals surface area contributed by atoms with Gasteiger partial charge in [-0.1, -0.05) is 19.0 Å². The number of nitrogens with zero attached hydrogens (tertiary/aromatic N) is 1. The highest BCUT2D eigenvalue weighted by atomic mass is 16.5. The van der Waals surface area contributed by atoms with Crippen molar-refractivity contribution in [1.29, 1.82) is 0 Å². The van der Waals surface area contributed by atoms with Crippen LogP contribution in [0.1, 0.15) is 95.9 Å². The van der Waals surface area contributed by atoms with Crippen LogP contribution in [0.25, 0.3) is 0 Å². The van der Waals surface area contributed by atoms with E-state index in [2.05, 4.69) is 25.9 Å². The summed E-state index contributed by atoms with van der Waals surface area (Å²) >= 11 is 0. The van der Waals surface area contributed by atoms with Gasteiger partial charge in [0.2, 0.25) is 0 Å². The first-order valence-electron chi connectivity index (χ1n) is 11.6. The molecule has 1 heterocycles. The van der Waals surface area contributed by atoms with Crippen molar-refractivity contribution in [1.82, 2.24) is 5.16 Å². The average Bonchev–Trinajstić information content (AvgIpc) is 3.25. The van der Waals surface area contributed by atoms with E-state index < -0.39 is 5.60 Å². The monoisotopic (exact) mass is 387 g/mol. The van der Waals surface area contributed by atoms with Crippen molar-refractivity contribution < 1.29 is 14.7 Å². The lowest BCUT2D eigenvalue weighted by atomic mass is 9.44. The van der Waals surface area contributed by atoms with Crippen molar-refractivity contribution >= 4 is 0 Å². The van der Waals surface area contributed by atoms with Gasteiger partial charge in [0.05, 0.1) is 12.2 Å². The summed E-state index contributed by atoms with van der Waals surface area (Å²) in [6.45, 7) is 7.08. The van der Waals surface area contributed by atoms with Crippen LogP contribution in [0, 0.1) is 34.5 Å².